The van der Waals surface area contributed by atoms with Gasteiger partial charge >= 0.3 is 0 Å². The average molecular weight is 291 g/mol. The molecule has 2 nitrogen and oxygen atoms in total. The van der Waals surface area contributed by atoms with Crippen LogP contribution in [0.1, 0.15) is 39.0 Å². The maximum Gasteiger partial charge on any atom is 0.133 e. The van der Waals surface area contributed by atoms with Gasteiger partial charge in [-0.2, -0.15) is 0 Å². The molecule has 0 amide bonds. The van der Waals surface area contributed by atoms with Crippen LogP contribution in [0.4, 0.5) is 0 Å². The standard InChI is InChI=1S/C17H25NOS/c1-2-12-7-9-13(10-8-12)17(18)15-11-20-16-6-4-3-5-14(16)19-15/h3-6,12-13,15,17H,2,7-11,18H2,1H3. The number of rotatable bonds is 3. The number of fused-ring (bicyclic) bond motifs is 1. The minimum atomic E-state index is 0.179. The summed E-state index contributed by atoms with van der Waals surface area (Å²) >= 11 is 1.89. The number of benzene rings is 1. The van der Waals surface area contributed by atoms with Crippen molar-refractivity contribution >= 4 is 11.8 Å². The molecule has 2 N–H and O–H groups in total. The van der Waals surface area contributed by atoms with E-state index in [1.807, 2.05) is 17.8 Å². The van der Waals surface area contributed by atoms with Crippen LogP contribution in [0, 0.1) is 11.8 Å². The minimum absolute atomic E-state index is 0.179. The predicted octanol–water partition coefficient (Wildman–Crippen LogP) is 4.08. The Balaban J connectivity index is 1.60. The van der Waals surface area contributed by atoms with E-state index in [0.29, 0.717) is 5.92 Å². The Morgan fingerprint density at radius 1 is 1.25 bits per heavy atom. The summed E-state index contributed by atoms with van der Waals surface area (Å²) in [6, 6.07) is 8.50. The van der Waals surface area contributed by atoms with Crippen LogP contribution in [-0.4, -0.2) is 17.9 Å². The third-order valence-electron chi connectivity index (χ3n) is 4.97. The second kappa shape index (κ2) is 6.40. The molecule has 0 radical (unpaired) electrons. The van der Waals surface area contributed by atoms with Gasteiger partial charge in [0.1, 0.15) is 11.9 Å². The highest BCUT2D eigenvalue weighted by molar-refractivity contribution is 7.99. The molecule has 20 heavy (non-hydrogen) atoms. The van der Waals surface area contributed by atoms with Gasteiger partial charge in [0.15, 0.2) is 0 Å². The summed E-state index contributed by atoms with van der Waals surface area (Å²) in [4.78, 5) is 1.26. The van der Waals surface area contributed by atoms with Crippen molar-refractivity contribution in [1.82, 2.24) is 0 Å². The fourth-order valence-electron chi connectivity index (χ4n) is 3.51. The molecule has 1 fully saturated rings. The molecule has 3 heteroatoms. The number of ether oxygens (including phenoxy) is 1. The Morgan fingerprint density at radius 2 is 2.00 bits per heavy atom. The molecular formula is C17H25NOS. The molecule has 1 aliphatic heterocycles. The van der Waals surface area contributed by atoms with Crippen LogP contribution in [0.3, 0.4) is 0 Å². The van der Waals surface area contributed by atoms with Crippen LogP contribution in [0.2, 0.25) is 0 Å². The molecule has 0 bridgehead atoms. The van der Waals surface area contributed by atoms with Gasteiger partial charge in [0.25, 0.3) is 0 Å². The van der Waals surface area contributed by atoms with Gasteiger partial charge in [-0.1, -0.05) is 38.3 Å². The van der Waals surface area contributed by atoms with Gasteiger partial charge in [0, 0.05) is 16.7 Å². The summed E-state index contributed by atoms with van der Waals surface area (Å²) in [5, 5.41) is 0. The Kier molecular flexibility index (Phi) is 4.57. The van der Waals surface area contributed by atoms with Crippen molar-refractivity contribution in [3.63, 3.8) is 0 Å². The lowest BCUT2D eigenvalue weighted by molar-refractivity contribution is 0.126. The Hall–Kier alpha value is -0.670. The first-order chi connectivity index (χ1) is 9.78. The van der Waals surface area contributed by atoms with Crippen molar-refractivity contribution in [3.8, 4) is 5.75 Å². The van der Waals surface area contributed by atoms with Gasteiger partial charge in [0.2, 0.25) is 0 Å². The number of para-hydroxylation sites is 1. The van der Waals surface area contributed by atoms with Crippen molar-refractivity contribution in [2.75, 3.05) is 5.75 Å². The third-order valence-corrected chi connectivity index (χ3v) is 6.12. The van der Waals surface area contributed by atoms with Gasteiger partial charge in [-0.25, -0.2) is 0 Å². The van der Waals surface area contributed by atoms with E-state index in [-0.39, 0.29) is 12.1 Å². The zero-order valence-electron chi connectivity index (χ0n) is 12.3. The van der Waals surface area contributed by atoms with Crippen molar-refractivity contribution in [2.45, 2.75) is 56.1 Å². The van der Waals surface area contributed by atoms with Crippen molar-refractivity contribution in [2.24, 2.45) is 17.6 Å². The number of nitrogens with two attached hydrogens (primary N) is 1. The van der Waals surface area contributed by atoms with Crippen molar-refractivity contribution < 1.29 is 4.74 Å². The highest BCUT2D eigenvalue weighted by Crippen LogP contribution is 2.39. The first-order valence-electron chi connectivity index (χ1n) is 7.92. The summed E-state index contributed by atoms with van der Waals surface area (Å²) < 4.78 is 6.15. The largest absolute Gasteiger partial charge is 0.487 e. The molecule has 1 aromatic carbocycles. The molecule has 3 rings (SSSR count). The number of hydrogen-bond acceptors (Lipinski definition) is 3. The highest BCUT2D eigenvalue weighted by Gasteiger charge is 2.33. The quantitative estimate of drug-likeness (QED) is 0.911. The van der Waals surface area contributed by atoms with Crippen LogP contribution < -0.4 is 10.5 Å². The van der Waals surface area contributed by atoms with Crippen LogP contribution in [0.5, 0.6) is 5.75 Å². The monoisotopic (exact) mass is 291 g/mol. The summed E-state index contributed by atoms with van der Waals surface area (Å²) in [7, 11) is 0. The van der Waals surface area contributed by atoms with E-state index < -0.39 is 0 Å². The minimum Gasteiger partial charge on any atom is -0.487 e. The molecule has 2 atom stereocenters. The lowest BCUT2D eigenvalue weighted by atomic mass is 9.77. The van der Waals surface area contributed by atoms with Crippen LogP contribution >= 0.6 is 11.8 Å². The highest BCUT2D eigenvalue weighted by atomic mass is 32.2. The van der Waals surface area contributed by atoms with Crippen LogP contribution in [0.15, 0.2) is 29.2 Å². The van der Waals surface area contributed by atoms with E-state index in [2.05, 4.69) is 25.1 Å². The molecule has 1 aliphatic carbocycles. The van der Waals surface area contributed by atoms with E-state index in [1.54, 1.807) is 0 Å². The lowest BCUT2D eigenvalue weighted by Gasteiger charge is -2.37. The maximum atomic E-state index is 6.53. The normalized spacial score (nSPS) is 31.2. The van der Waals surface area contributed by atoms with Gasteiger partial charge in [-0.3, -0.25) is 0 Å². The second-order valence-corrected chi connectivity index (χ2v) is 7.24. The molecule has 0 saturated heterocycles. The van der Waals surface area contributed by atoms with Crippen LogP contribution in [0.25, 0.3) is 0 Å². The zero-order chi connectivity index (χ0) is 13.9. The number of thioether (sulfide) groups is 1. The Labute approximate surface area is 126 Å². The molecule has 2 aliphatic rings. The van der Waals surface area contributed by atoms with Crippen LogP contribution in [-0.2, 0) is 0 Å². The van der Waals surface area contributed by atoms with Crippen molar-refractivity contribution in [1.29, 1.82) is 0 Å². The summed E-state index contributed by atoms with van der Waals surface area (Å²) in [6.45, 7) is 2.31. The van der Waals surface area contributed by atoms with E-state index in [1.165, 1.54) is 37.0 Å². The molecule has 1 heterocycles. The fraction of sp³-hybridized carbons (Fsp3) is 0.647. The molecule has 1 saturated carbocycles. The van der Waals surface area contributed by atoms with Gasteiger partial charge in [0.05, 0.1) is 0 Å². The molecule has 0 aromatic heterocycles. The van der Waals surface area contributed by atoms with Gasteiger partial charge in [-0.05, 0) is 36.8 Å². The molecule has 2 unspecified atom stereocenters. The molecule has 1 aromatic rings. The third kappa shape index (κ3) is 2.99. The SMILES string of the molecule is CCC1CCC(C(N)C2CSc3ccccc3O2)CC1. The molecule has 110 valence electrons. The maximum absolute atomic E-state index is 6.53. The fourth-order valence-corrected chi connectivity index (χ4v) is 4.58. The lowest BCUT2D eigenvalue weighted by Crippen LogP contribution is -2.48. The smallest absolute Gasteiger partial charge is 0.133 e. The van der Waals surface area contributed by atoms with E-state index in [4.69, 9.17) is 10.5 Å². The zero-order valence-corrected chi connectivity index (χ0v) is 13.1. The predicted molar refractivity (Wildman–Crippen MR) is 85.3 cm³/mol. The number of hydrogen-bond donors (Lipinski definition) is 1. The first-order valence-corrected chi connectivity index (χ1v) is 8.90. The Morgan fingerprint density at radius 3 is 2.75 bits per heavy atom. The van der Waals surface area contributed by atoms with Gasteiger partial charge in [-0.15, -0.1) is 11.8 Å². The van der Waals surface area contributed by atoms with E-state index >= 15 is 0 Å². The van der Waals surface area contributed by atoms with Gasteiger partial charge < -0.3 is 10.5 Å². The molecule has 0 spiro atoms. The van der Waals surface area contributed by atoms with E-state index in [9.17, 15) is 0 Å². The van der Waals surface area contributed by atoms with E-state index in [0.717, 1.165) is 17.4 Å². The Bertz CT molecular complexity index is 442. The summed E-state index contributed by atoms with van der Waals surface area (Å²) in [5.74, 6) is 3.59. The average Bonchev–Trinajstić information content (AvgIpc) is 2.54. The molecular weight excluding hydrogens is 266 g/mol. The topological polar surface area (TPSA) is 35.2 Å². The summed E-state index contributed by atoms with van der Waals surface area (Å²) in [5.41, 5.74) is 6.53. The first kappa shape index (κ1) is 14.3. The summed E-state index contributed by atoms with van der Waals surface area (Å²) in [6.07, 6.45) is 6.78. The second-order valence-electron chi connectivity index (χ2n) is 6.18. The van der Waals surface area contributed by atoms with Crippen molar-refractivity contribution in [3.05, 3.63) is 24.3 Å².